The summed E-state index contributed by atoms with van der Waals surface area (Å²) in [7, 11) is 1.43. The molecule has 0 spiro atoms. The first kappa shape index (κ1) is 17.1. The van der Waals surface area contributed by atoms with Crippen LogP contribution in [0.3, 0.4) is 0 Å². The lowest BCUT2D eigenvalue weighted by Crippen LogP contribution is -2.38. The molecule has 0 amide bonds. The van der Waals surface area contributed by atoms with Crippen molar-refractivity contribution in [2.45, 2.75) is 26.1 Å². The first-order valence-electron chi connectivity index (χ1n) is 6.28. The van der Waals surface area contributed by atoms with Gasteiger partial charge in [-0.1, -0.05) is 0 Å². The highest BCUT2D eigenvalue weighted by atomic mass is 79.9. The zero-order chi connectivity index (χ0) is 15.4. The Morgan fingerprint density at radius 3 is 2.00 bits per heavy atom. The molecule has 0 aromatic carbocycles. The van der Waals surface area contributed by atoms with Crippen LogP contribution in [0, 0.1) is 0 Å². The van der Waals surface area contributed by atoms with E-state index in [0.29, 0.717) is 13.1 Å². The van der Waals surface area contributed by atoms with E-state index < -0.39 is 0 Å². The lowest BCUT2D eigenvalue weighted by atomic mass is 10.2. The number of hydrogen-bond donors (Lipinski definition) is 0. The van der Waals surface area contributed by atoms with Crippen molar-refractivity contribution in [1.82, 2.24) is 4.90 Å². The maximum absolute atomic E-state index is 11.9. The van der Waals surface area contributed by atoms with E-state index >= 15 is 0 Å². The minimum Gasteiger partial charge on any atom is -0.468 e. The third-order valence-electron chi connectivity index (χ3n) is 3.17. The number of thiophene rings is 2. The monoisotopic (exact) mass is 451 g/mol. The van der Waals surface area contributed by atoms with E-state index in [1.54, 1.807) is 22.7 Å². The Morgan fingerprint density at radius 1 is 1.19 bits per heavy atom. The number of ether oxygens (including phenoxy) is 1. The van der Waals surface area contributed by atoms with E-state index in [9.17, 15) is 4.79 Å². The molecule has 0 aliphatic rings. The largest absolute Gasteiger partial charge is 0.468 e. The highest BCUT2D eigenvalue weighted by molar-refractivity contribution is 9.10. The van der Waals surface area contributed by atoms with Crippen LogP contribution >= 0.6 is 54.5 Å². The first-order valence-corrected chi connectivity index (χ1v) is 9.63. The van der Waals surface area contributed by atoms with Crippen LogP contribution in [0.5, 0.6) is 0 Å². The van der Waals surface area contributed by atoms with Crippen molar-refractivity contribution < 1.29 is 9.53 Å². The quantitative estimate of drug-likeness (QED) is 0.583. The smallest absolute Gasteiger partial charge is 0.322 e. The summed E-state index contributed by atoms with van der Waals surface area (Å²) in [5.74, 6) is -0.213. The first-order chi connectivity index (χ1) is 10.0. The summed E-state index contributed by atoms with van der Waals surface area (Å²) in [6, 6.07) is 3.77. The SMILES string of the molecule is COC(=O)[C@H](C)N(Cc1sccc1Br)Cc1sccc1Br. The maximum Gasteiger partial charge on any atom is 0.322 e. The van der Waals surface area contributed by atoms with Gasteiger partial charge in [0.2, 0.25) is 0 Å². The van der Waals surface area contributed by atoms with Crippen LogP contribution in [0.1, 0.15) is 16.7 Å². The highest BCUT2D eigenvalue weighted by Crippen LogP contribution is 2.29. The molecule has 114 valence electrons. The highest BCUT2D eigenvalue weighted by Gasteiger charge is 2.24. The predicted octanol–water partition coefficient (Wildman–Crippen LogP) is 4.90. The Hall–Kier alpha value is -0.210. The molecule has 1 atom stereocenters. The third kappa shape index (κ3) is 4.39. The average Bonchev–Trinajstić information content (AvgIpc) is 3.06. The fraction of sp³-hybridized carbons (Fsp3) is 0.357. The summed E-state index contributed by atoms with van der Waals surface area (Å²) < 4.78 is 7.06. The molecule has 2 aromatic rings. The molecule has 3 nitrogen and oxygen atoms in total. The molecule has 0 unspecified atom stereocenters. The van der Waals surface area contributed by atoms with E-state index in [0.717, 1.165) is 8.95 Å². The molecule has 2 rings (SSSR count). The summed E-state index contributed by atoms with van der Waals surface area (Å²) in [4.78, 5) is 16.4. The fourth-order valence-electron chi connectivity index (χ4n) is 1.89. The van der Waals surface area contributed by atoms with Gasteiger partial charge in [-0.25, -0.2) is 0 Å². The number of halogens is 2. The summed E-state index contributed by atoms with van der Waals surface area (Å²) >= 11 is 10.5. The number of methoxy groups -OCH3 is 1. The zero-order valence-corrected chi connectivity index (χ0v) is 16.4. The molecule has 0 saturated carbocycles. The van der Waals surface area contributed by atoms with Crippen molar-refractivity contribution in [1.29, 1.82) is 0 Å². The average molecular weight is 453 g/mol. The van der Waals surface area contributed by atoms with Crippen LogP contribution in [-0.2, 0) is 22.6 Å². The molecule has 0 N–H and O–H groups in total. The molecular weight excluding hydrogens is 438 g/mol. The van der Waals surface area contributed by atoms with Gasteiger partial charge in [-0.2, -0.15) is 0 Å². The molecule has 0 aliphatic heterocycles. The normalized spacial score (nSPS) is 12.6. The molecule has 2 heterocycles. The van der Waals surface area contributed by atoms with Gasteiger partial charge in [-0.05, 0) is 61.7 Å². The number of carbonyl (C=O) groups excluding carboxylic acids is 1. The van der Waals surface area contributed by atoms with Gasteiger partial charge in [-0.3, -0.25) is 9.69 Å². The number of nitrogens with zero attached hydrogens (tertiary/aromatic N) is 1. The number of esters is 1. The van der Waals surface area contributed by atoms with Crippen molar-refractivity contribution in [3.05, 3.63) is 41.6 Å². The number of carbonyl (C=O) groups is 1. The third-order valence-corrected chi connectivity index (χ3v) is 6.99. The molecule has 7 heteroatoms. The lowest BCUT2D eigenvalue weighted by Gasteiger charge is -2.26. The molecule has 21 heavy (non-hydrogen) atoms. The summed E-state index contributed by atoms with van der Waals surface area (Å²) in [6.07, 6.45) is 0. The van der Waals surface area contributed by atoms with E-state index in [2.05, 4.69) is 36.8 Å². The lowest BCUT2D eigenvalue weighted by molar-refractivity contribution is -0.146. The van der Waals surface area contributed by atoms with Crippen LogP contribution in [0.2, 0.25) is 0 Å². The molecule has 2 aromatic heterocycles. The van der Waals surface area contributed by atoms with Crippen LogP contribution in [0.4, 0.5) is 0 Å². The van der Waals surface area contributed by atoms with Gasteiger partial charge >= 0.3 is 5.97 Å². The van der Waals surface area contributed by atoms with Gasteiger partial charge in [0.1, 0.15) is 6.04 Å². The van der Waals surface area contributed by atoms with Crippen LogP contribution in [0.25, 0.3) is 0 Å². The molecule has 0 bridgehead atoms. The van der Waals surface area contributed by atoms with Gasteiger partial charge in [0.05, 0.1) is 7.11 Å². The Bertz CT molecular complexity index is 569. The summed E-state index contributed by atoms with van der Waals surface area (Å²) in [5, 5.41) is 4.09. The minimum absolute atomic E-state index is 0.213. The van der Waals surface area contributed by atoms with Gasteiger partial charge < -0.3 is 4.74 Å². The Kier molecular flexibility index (Phi) is 6.43. The molecule has 0 fully saturated rings. The van der Waals surface area contributed by atoms with Crippen molar-refractivity contribution >= 4 is 60.5 Å². The molecular formula is C14H15Br2NO2S2. The summed E-state index contributed by atoms with van der Waals surface area (Å²) in [5.41, 5.74) is 0. The second-order valence-electron chi connectivity index (χ2n) is 4.49. The van der Waals surface area contributed by atoms with Crippen molar-refractivity contribution in [2.75, 3.05) is 7.11 Å². The molecule has 0 saturated heterocycles. The second-order valence-corrected chi connectivity index (χ2v) is 8.20. The fourth-order valence-corrected chi connectivity index (χ4v) is 4.90. The molecule has 0 aliphatic carbocycles. The van der Waals surface area contributed by atoms with E-state index in [1.807, 2.05) is 29.8 Å². The summed E-state index contributed by atoms with van der Waals surface area (Å²) in [6.45, 7) is 3.30. The topological polar surface area (TPSA) is 29.5 Å². The number of hydrogen-bond acceptors (Lipinski definition) is 5. The predicted molar refractivity (Wildman–Crippen MR) is 94.8 cm³/mol. The van der Waals surface area contributed by atoms with Gasteiger partial charge in [0.25, 0.3) is 0 Å². The van der Waals surface area contributed by atoms with Crippen molar-refractivity contribution in [3.8, 4) is 0 Å². The standard InChI is InChI=1S/C14H15Br2NO2S2/c1-9(14(18)19-2)17(7-12-10(15)3-5-20-12)8-13-11(16)4-6-21-13/h3-6,9H,7-8H2,1-2H3/t9-/m0/s1. The van der Waals surface area contributed by atoms with Gasteiger partial charge in [-0.15, -0.1) is 22.7 Å². The van der Waals surface area contributed by atoms with Crippen LogP contribution < -0.4 is 0 Å². The van der Waals surface area contributed by atoms with Crippen molar-refractivity contribution in [2.24, 2.45) is 0 Å². The minimum atomic E-state index is -0.294. The Balaban J connectivity index is 2.19. The second kappa shape index (κ2) is 7.87. The van der Waals surface area contributed by atoms with Gasteiger partial charge in [0, 0.05) is 31.8 Å². The van der Waals surface area contributed by atoms with E-state index in [4.69, 9.17) is 4.74 Å². The van der Waals surface area contributed by atoms with Gasteiger partial charge in [0.15, 0.2) is 0 Å². The Labute approximate surface area is 149 Å². The van der Waals surface area contributed by atoms with E-state index in [1.165, 1.54) is 16.9 Å². The zero-order valence-electron chi connectivity index (χ0n) is 11.6. The van der Waals surface area contributed by atoms with Crippen LogP contribution in [0.15, 0.2) is 31.8 Å². The molecule has 0 radical (unpaired) electrons. The van der Waals surface area contributed by atoms with Crippen molar-refractivity contribution in [3.63, 3.8) is 0 Å². The van der Waals surface area contributed by atoms with E-state index in [-0.39, 0.29) is 12.0 Å². The maximum atomic E-state index is 11.9. The Morgan fingerprint density at radius 2 is 1.67 bits per heavy atom. The van der Waals surface area contributed by atoms with Crippen LogP contribution in [-0.4, -0.2) is 24.0 Å². The number of rotatable bonds is 6.